The van der Waals surface area contributed by atoms with Crippen molar-refractivity contribution in [3.63, 3.8) is 0 Å². The first kappa shape index (κ1) is 20.9. The average molecular weight is 365 g/mol. The van der Waals surface area contributed by atoms with E-state index in [1.165, 1.54) is 12.8 Å². The summed E-state index contributed by atoms with van der Waals surface area (Å²) in [6.45, 7) is 18.2. The van der Waals surface area contributed by atoms with Gasteiger partial charge < -0.3 is 4.43 Å². The SMILES string of the molecule is C[C@@H](/C=C/[C@H](C)C(C)(C)O[Si](C)(C)C)[C@H]1CC[C@H]2C(=O)CCC[C@]12C. The van der Waals surface area contributed by atoms with Gasteiger partial charge in [-0.1, -0.05) is 32.9 Å². The predicted octanol–water partition coefficient (Wildman–Crippen LogP) is 6.23. The highest BCUT2D eigenvalue weighted by atomic mass is 28.4. The Hall–Kier alpha value is -0.413. The van der Waals surface area contributed by atoms with Gasteiger partial charge in [-0.3, -0.25) is 4.79 Å². The normalized spacial score (nSPS) is 33.5. The summed E-state index contributed by atoms with van der Waals surface area (Å²) in [6, 6.07) is 0. The van der Waals surface area contributed by atoms with Crippen molar-refractivity contribution < 1.29 is 9.22 Å². The second-order valence-corrected chi connectivity index (χ2v) is 14.8. The number of hydrogen-bond acceptors (Lipinski definition) is 2. The van der Waals surface area contributed by atoms with E-state index in [1.807, 2.05) is 0 Å². The average Bonchev–Trinajstić information content (AvgIpc) is 2.80. The molecule has 144 valence electrons. The highest BCUT2D eigenvalue weighted by molar-refractivity contribution is 6.69. The summed E-state index contributed by atoms with van der Waals surface area (Å²) >= 11 is 0. The Bertz CT molecular complexity index is 517. The van der Waals surface area contributed by atoms with E-state index in [-0.39, 0.29) is 11.0 Å². The van der Waals surface area contributed by atoms with Crippen LogP contribution in [-0.2, 0) is 9.22 Å². The van der Waals surface area contributed by atoms with Crippen LogP contribution in [0.25, 0.3) is 0 Å². The van der Waals surface area contributed by atoms with Gasteiger partial charge in [0.05, 0.1) is 5.60 Å². The number of hydrogen-bond donors (Lipinski definition) is 0. The van der Waals surface area contributed by atoms with Gasteiger partial charge in [-0.05, 0) is 76.4 Å². The number of Topliss-reactive ketones (excluding diaryl/α,β-unsaturated/α-hetero) is 1. The van der Waals surface area contributed by atoms with Crippen molar-refractivity contribution in [1.29, 1.82) is 0 Å². The molecule has 0 aromatic heterocycles. The van der Waals surface area contributed by atoms with Gasteiger partial charge in [-0.25, -0.2) is 0 Å². The summed E-state index contributed by atoms with van der Waals surface area (Å²) in [4.78, 5) is 12.3. The Kier molecular flexibility index (Phi) is 6.10. The van der Waals surface area contributed by atoms with E-state index in [0.29, 0.717) is 29.5 Å². The molecular weight excluding hydrogens is 324 g/mol. The van der Waals surface area contributed by atoms with Gasteiger partial charge in [0, 0.05) is 18.3 Å². The highest BCUT2D eigenvalue weighted by Crippen LogP contribution is 2.56. The first-order valence-corrected chi connectivity index (χ1v) is 13.7. The minimum atomic E-state index is -1.55. The summed E-state index contributed by atoms with van der Waals surface area (Å²) < 4.78 is 6.41. The molecule has 0 aliphatic heterocycles. The molecule has 25 heavy (non-hydrogen) atoms. The molecule has 0 heterocycles. The lowest BCUT2D eigenvalue weighted by molar-refractivity contribution is -0.129. The number of ketones is 1. The van der Waals surface area contributed by atoms with Gasteiger partial charge in [-0.2, -0.15) is 0 Å². The fraction of sp³-hybridized carbons (Fsp3) is 0.864. The molecule has 0 N–H and O–H groups in total. The third kappa shape index (κ3) is 4.66. The molecule has 2 aliphatic rings. The summed E-state index contributed by atoms with van der Waals surface area (Å²) in [5.41, 5.74) is 0.107. The summed E-state index contributed by atoms with van der Waals surface area (Å²) in [7, 11) is -1.55. The van der Waals surface area contributed by atoms with Gasteiger partial charge in [0.25, 0.3) is 0 Å². The van der Waals surface area contributed by atoms with Gasteiger partial charge >= 0.3 is 0 Å². The number of carbonyl (C=O) groups is 1. The van der Waals surface area contributed by atoms with Gasteiger partial charge in [0.15, 0.2) is 8.32 Å². The van der Waals surface area contributed by atoms with Crippen LogP contribution < -0.4 is 0 Å². The van der Waals surface area contributed by atoms with Crippen molar-refractivity contribution in [2.45, 2.75) is 92.0 Å². The maximum absolute atomic E-state index is 12.3. The molecule has 0 radical (unpaired) electrons. The lowest BCUT2D eigenvalue weighted by Crippen LogP contribution is -2.42. The fourth-order valence-corrected chi connectivity index (χ4v) is 7.19. The maximum atomic E-state index is 12.3. The van der Waals surface area contributed by atoms with Crippen LogP contribution in [-0.4, -0.2) is 19.7 Å². The fourth-order valence-electron chi connectivity index (χ4n) is 5.42. The van der Waals surface area contributed by atoms with Crippen LogP contribution in [0.4, 0.5) is 0 Å². The maximum Gasteiger partial charge on any atom is 0.184 e. The molecule has 3 heteroatoms. The highest BCUT2D eigenvalue weighted by Gasteiger charge is 2.52. The number of allylic oxidation sites excluding steroid dienone is 1. The smallest absolute Gasteiger partial charge is 0.184 e. The van der Waals surface area contributed by atoms with Crippen LogP contribution in [0.3, 0.4) is 0 Å². The van der Waals surface area contributed by atoms with Crippen LogP contribution in [0.1, 0.15) is 66.7 Å². The molecule has 2 fully saturated rings. The van der Waals surface area contributed by atoms with E-state index in [1.54, 1.807) is 0 Å². The first-order valence-electron chi connectivity index (χ1n) is 10.3. The number of carbonyl (C=O) groups excluding carboxylic acids is 1. The quantitative estimate of drug-likeness (QED) is 0.412. The van der Waals surface area contributed by atoms with Crippen molar-refractivity contribution >= 4 is 14.1 Å². The molecule has 0 bridgehead atoms. The zero-order valence-electron chi connectivity index (χ0n) is 17.8. The van der Waals surface area contributed by atoms with Crippen molar-refractivity contribution in [2.24, 2.45) is 29.1 Å². The molecule has 0 aromatic rings. The molecule has 2 nitrogen and oxygen atoms in total. The minimum Gasteiger partial charge on any atom is -0.412 e. The molecule has 0 unspecified atom stereocenters. The number of rotatable bonds is 6. The van der Waals surface area contributed by atoms with Crippen LogP contribution in [0.15, 0.2) is 12.2 Å². The molecule has 5 atom stereocenters. The van der Waals surface area contributed by atoms with Crippen LogP contribution in [0.2, 0.25) is 19.6 Å². The van der Waals surface area contributed by atoms with E-state index < -0.39 is 8.32 Å². The van der Waals surface area contributed by atoms with Crippen molar-refractivity contribution in [3.05, 3.63) is 12.2 Å². The summed E-state index contributed by atoms with van der Waals surface area (Å²) in [5.74, 6) is 2.42. The summed E-state index contributed by atoms with van der Waals surface area (Å²) in [5, 5.41) is 0. The van der Waals surface area contributed by atoms with Gasteiger partial charge in [0.1, 0.15) is 5.78 Å². The van der Waals surface area contributed by atoms with E-state index in [2.05, 4.69) is 66.4 Å². The van der Waals surface area contributed by atoms with Crippen molar-refractivity contribution in [3.8, 4) is 0 Å². The van der Waals surface area contributed by atoms with E-state index >= 15 is 0 Å². The van der Waals surface area contributed by atoms with Crippen LogP contribution in [0, 0.1) is 29.1 Å². The lowest BCUT2D eigenvalue weighted by Gasteiger charge is -2.42. The van der Waals surface area contributed by atoms with Crippen LogP contribution >= 0.6 is 0 Å². The molecule has 0 amide bonds. The Balaban J connectivity index is 2.05. The topological polar surface area (TPSA) is 26.3 Å². The Morgan fingerprint density at radius 2 is 1.84 bits per heavy atom. The molecule has 0 saturated heterocycles. The zero-order chi connectivity index (χ0) is 19.0. The first-order chi connectivity index (χ1) is 11.4. The predicted molar refractivity (Wildman–Crippen MR) is 109 cm³/mol. The van der Waals surface area contributed by atoms with Gasteiger partial charge in [0.2, 0.25) is 0 Å². The Morgan fingerprint density at radius 1 is 1.20 bits per heavy atom. The lowest BCUT2D eigenvalue weighted by atomic mass is 9.62. The summed E-state index contributed by atoms with van der Waals surface area (Å²) in [6.07, 6.45) is 10.2. The molecule has 2 saturated carbocycles. The standard InChI is InChI=1S/C22H40O2Si/c1-16(11-12-17(2)21(3,4)24-25(6,7)8)18-13-14-19-20(23)10-9-15-22(18,19)5/h11-12,16-19H,9-10,13-15H2,1-8H3/b12-11+/t16-,17-,18+,19-,22+/m0/s1. The van der Waals surface area contributed by atoms with Gasteiger partial charge in [-0.15, -0.1) is 0 Å². The van der Waals surface area contributed by atoms with Crippen molar-refractivity contribution in [1.82, 2.24) is 0 Å². The molecule has 0 aromatic carbocycles. The Morgan fingerprint density at radius 3 is 2.44 bits per heavy atom. The molecule has 0 spiro atoms. The Labute approximate surface area is 156 Å². The van der Waals surface area contributed by atoms with Crippen LogP contribution in [0.5, 0.6) is 0 Å². The monoisotopic (exact) mass is 364 g/mol. The second-order valence-electron chi connectivity index (χ2n) is 10.4. The minimum absolute atomic E-state index is 0.121. The largest absolute Gasteiger partial charge is 0.412 e. The molecular formula is C22H40O2Si. The third-order valence-corrected chi connectivity index (χ3v) is 8.08. The van der Waals surface area contributed by atoms with Crippen molar-refractivity contribution in [2.75, 3.05) is 0 Å². The zero-order valence-corrected chi connectivity index (χ0v) is 18.8. The number of fused-ring (bicyclic) bond motifs is 1. The van der Waals surface area contributed by atoms with E-state index in [0.717, 1.165) is 19.3 Å². The second kappa shape index (κ2) is 7.30. The third-order valence-electron chi connectivity index (χ3n) is 6.94. The molecule has 2 aliphatic carbocycles. The molecule has 2 rings (SSSR count). The van der Waals surface area contributed by atoms with E-state index in [9.17, 15) is 4.79 Å². The van der Waals surface area contributed by atoms with E-state index in [4.69, 9.17) is 4.43 Å².